The van der Waals surface area contributed by atoms with Gasteiger partial charge in [-0.15, -0.1) is 0 Å². The van der Waals surface area contributed by atoms with E-state index in [4.69, 9.17) is 4.74 Å². The molecule has 2 fully saturated rings. The molecule has 31 heavy (non-hydrogen) atoms. The van der Waals surface area contributed by atoms with E-state index in [0.717, 1.165) is 50.9 Å². The zero-order chi connectivity index (χ0) is 21.5. The van der Waals surface area contributed by atoms with Crippen LogP contribution in [0.4, 0.5) is 10.5 Å². The Labute approximate surface area is 184 Å². The molecule has 0 spiro atoms. The zero-order valence-electron chi connectivity index (χ0n) is 17.8. The predicted octanol–water partition coefficient (Wildman–Crippen LogP) is 3.84. The van der Waals surface area contributed by atoms with Gasteiger partial charge in [-0.25, -0.2) is 4.79 Å². The standard InChI is InChI=1S/C25H31N3O3/c29-24-18-28(17-22(31-24)15-19-9-3-1-4-10-19)16-20-11-7-8-14-23(20)27-25(30)26-21-12-5-2-6-13-21/h1-6,9-10,12-13,20,22-23H,7-8,11,14-18H2,(H2,26,27,30)/t20-,22?,23+/m0/s1. The Kier molecular flexibility index (Phi) is 7.20. The van der Waals surface area contributed by atoms with Crippen LogP contribution in [0.5, 0.6) is 0 Å². The average Bonchev–Trinajstić information content (AvgIpc) is 2.76. The summed E-state index contributed by atoms with van der Waals surface area (Å²) < 4.78 is 5.61. The Hall–Kier alpha value is -2.86. The molecule has 0 radical (unpaired) electrons. The molecule has 1 aliphatic heterocycles. The molecular formula is C25H31N3O3. The first kappa shape index (κ1) is 21.4. The molecular weight excluding hydrogens is 390 g/mol. The van der Waals surface area contributed by atoms with Crippen LogP contribution in [-0.4, -0.2) is 48.7 Å². The fourth-order valence-electron chi connectivity index (χ4n) is 4.72. The summed E-state index contributed by atoms with van der Waals surface area (Å²) in [5.74, 6) is 0.174. The minimum atomic E-state index is -0.164. The third kappa shape index (κ3) is 6.31. The first-order chi connectivity index (χ1) is 15.2. The van der Waals surface area contributed by atoms with Crippen molar-refractivity contribution in [3.63, 3.8) is 0 Å². The molecule has 1 aliphatic carbocycles. The molecule has 1 saturated carbocycles. The highest BCUT2D eigenvalue weighted by Gasteiger charge is 2.32. The van der Waals surface area contributed by atoms with Crippen LogP contribution in [0, 0.1) is 5.92 Å². The van der Waals surface area contributed by atoms with E-state index >= 15 is 0 Å². The van der Waals surface area contributed by atoms with E-state index in [1.54, 1.807) is 0 Å². The van der Waals surface area contributed by atoms with Gasteiger partial charge < -0.3 is 15.4 Å². The van der Waals surface area contributed by atoms with Gasteiger partial charge in [-0.1, -0.05) is 61.4 Å². The van der Waals surface area contributed by atoms with Crippen LogP contribution < -0.4 is 10.6 Å². The molecule has 3 atom stereocenters. The molecule has 1 unspecified atom stereocenters. The minimum absolute atomic E-state index is 0.114. The van der Waals surface area contributed by atoms with Crippen molar-refractivity contribution in [2.75, 3.05) is 25.0 Å². The number of morpholine rings is 1. The summed E-state index contributed by atoms with van der Waals surface area (Å²) in [6, 6.07) is 19.6. The first-order valence-electron chi connectivity index (χ1n) is 11.2. The molecule has 2 N–H and O–H groups in total. The number of esters is 1. The normalized spacial score (nSPS) is 24.3. The van der Waals surface area contributed by atoms with Crippen LogP contribution >= 0.6 is 0 Å². The van der Waals surface area contributed by atoms with Crippen molar-refractivity contribution >= 4 is 17.7 Å². The van der Waals surface area contributed by atoms with E-state index < -0.39 is 0 Å². The zero-order valence-corrected chi connectivity index (χ0v) is 17.8. The van der Waals surface area contributed by atoms with E-state index in [1.807, 2.05) is 48.5 Å². The molecule has 0 bridgehead atoms. The summed E-state index contributed by atoms with van der Waals surface area (Å²) in [5, 5.41) is 6.09. The number of amides is 2. The highest BCUT2D eigenvalue weighted by atomic mass is 16.5. The lowest BCUT2D eigenvalue weighted by atomic mass is 9.84. The van der Waals surface area contributed by atoms with E-state index in [0.29, 0.717) is 12.5 Å². The van der Waals surface area contributed by atoms with Gasteiger partial charge in [-0.3, -0.25) is 9.69 Å². The van der Waals surface area contributed by atoms with Gasteiger partial charge in [0.1, 0.15) is 6.10 Å². The molecule has 6 nitrogen and oxygen atoms in total. The lowest BCUT2D eigenvalue weighted by Gasteiger charge is -2.38. The number of cyclic esters (lactones) is 1. The summed E-state index contributed by atoms with van der Waals surface area (Å²) in [6.07, 6.45) is 4.92. The van der Waals surface area contributed by atoms with Crippen molar-refractivity contribution in [2.24, 2.45) is 5.92 Å². The van der Waals surface area contributed by atoms with Gasteiger partial charge in [0.15, 0.2) is 0 Å². The molecule has 4 rings (SSSR count). The van der Waals surface area contributed by atoms with Gasteiger partial charge in [0.2, 0.25) is 0 Å². The number of ether oxygens (including phenoxy) is 1. The maximum Gasteiger partial charge on any atom is 0.320 e. The van der Waals surface area contributed by atoms with Gasteiger partial charge >= 0.3 is 12.0 Å². The van der Waals surface area contributed by atoms with Crippen molar-refractivity contribution in [3.05, 3.63) is 66.2 Å². The number of nitrogens with one attached hydrogen (secondary N) is 2. The van der Waals surface area contributed by atoms with E-state index in [-0.39, 0.29) is 24.1 Å². The van der Waals surface area contributed by atoms with Crippen molar-refractivity contribution in [1.29, 1.82) is 0 Å². The number of nitrogens with zero attached hydrogens (tertiary/aromatic N) is 1. The number of para-hydroxylation sites is 1. The lowest BCUT2D eigenvalue weighted by Crippen LogP contribution is -2.52. The summed E-state index contributed by atoms with van der Waals surface area (Å²) in [5.41, 5.74) is 1.96. The second kappa shape index (κ2) is 10.4. The van der Waals surface area contributed by atoms with Crippen LogP contribution in [-0.2, 0) is 16.0 Å². The summed E-state index contributed by atoms with van der Waals surface area (Å²) >= 11 is 0. The SMILES string of the molecule is O=C(Nc1ccccc1)N[C@@H]1CCCC[C@H]1CN1CC(=O)OC(Cc2ccccc2)C1. The number of carbonyl (C=O) groups excluding carboxylic acids is 2. The van der Waals surface area contributed by atoms with Crippen LogP contribution in [0.25, 0.3) is 0 Å². The van der Waals surface area contributed by atoms with E-state index in [9.17, 15) is 9.59 Å². The first-order valence-corrected chi connectivity index (χ1v) is 11.2. The molecule has 2 amide bonds. The van der Waals surface area contributed by atoms with Crippen molar-refractivity contribution in [3.8, 4) is 0 Å². The number of anilines is 1. The second-order valence-corrected chi connectivity index (χ2v) is 8.61. The average molecular weight is 422 g/mol. The molecule has 0 aromatic heterocycles. The Morgan fingerprint density at radius 3 is 2.48 bits per heavy atom. The van der Waals surface area contributed by atoms with Crippen molar-refractivity contribution in [1.82, 2.24) is 10.2 Å². The third-order valence-corrected chi connectivity index (χ3v) is 6.17. The molecule has 164 valence electrons. The van der Waals surface area contributed by atoms with Crippen molar-refractivity contribution in [2.45, 2.75) is 44.2 Å². The highest BCUT2D eigenvalue weighted by molar-refractivity contribution is 5.89. The van der Waals surface area contributed by atoms with Crippen LogP contribution in [0.3, 0.4) is 0 Å². The maximum atomic E-state index is 12.5. The Bertz CT molecular complexity index is 859. The van der Waals surface area contributed by atoms with Crippen LogP contribution in [0.2, 0.25) is 0 Å². The van der Waals surface area contributed by atoms with Gasteiger partial charge in [0.05, 0.1) is 6.54 Å². The predicted molar refractivity (Wildman–Crippen MR) is 121 cm³/mol. The summed E-state index contributed by atoms with van der Waals surface area (Å²) in [4.78, 5) is 27.0. The molecule has 1 heterocycles. The third-order valence-electron chi connectivity index (χ3n) is 6.17. The minimum Gasteiger partial charge on any atom is -0.460 e. The Balaban J connectivity index is 1.33. The quantitative estimate of drug-likeness (QED) is 0.696. The molecule has 2 aromatic carbocycles. The van der Waals surface area contributed by atoms with E-state index in [2.05, 4.69) is 27.7 Å². The molecule has 2 aromatic rings. The highest BCUT2D eigenvalue weighted by Crippen LogP contribution is 2.26. The summed E-state index contributed by atoms with van der Waals surface area (Å²) in [6.45, 7) is 1.86. The van der Waals surface area contributed by atoms with Crippen molar-refractivity contribution < 1.29 is 14.3 Å². The number of rotatable bonds is 6. The fourth-order valence-corrected chi connectivity index (χ4v) is 4.72. The monoisotopic (exact) mass is 421 g/mol. The fraction of sp³-hybridized carbons (Fsp3) is 0.440. The van der Waals surface area contributed by atoms with E-state index in [1.165, 1.54) is 5.56 Å². The molecule has 2 aliphatic rings. The Morgan fingerprint density at radius 2 is 1.71 bits per heavy atom. The maximum absolute atomic E-state index is 12.5. The number of benzene rings is 2. The van der Waals surface area contributed by atoms with Gasteiger partial charge in [0, 0.05) is 31.2 Å². The second-order valence-electron chi connectivity index (χ2n) is 8.61. The number of carbonyl (C=O) groups is 2. The van der Waals surface area contributed by atoms with Gasteiger partial charge in [0.25, 0.3) is 0 Å². The largest absolute Gasteiger partial charge is 0.460 e. The lowest BCUT2D eigenvalue weighted by molar-refractivity contribution is -0.159. The number of hydrogen-bond acceptors (Lipinski definition) is 4. The molecule has 1 saturated heterocycles. The summed E-state index contributed by atoms with van der Waals surface area (Å²) in [7, 11) is 0. The van der Waals surface area contributed by atoms with Gasteiger partial charge in [-0.05, 0) is 36.5 Å². The number of hydrogen-bond donors (Lipinski definition) is 2. The number of urea groups is 1. The Morgan fingerprint density at radius 1 is 1.00 bits per heavy atom. The van der Waals surface area contributed by atoms with Crippen LogP contribution in [0.1, 0.15) is 31.2 Å². The van der Waals surface area contributed by atoms with Crippen LogP contribution in [0.15, 0.2) is 60.7 Å². The van der Waals surface area contributed by atoms with Gasteiger partial charge in [-0.2, -0.15) is 0 Å². The smallest absolute Gasteiger partial charge is 0.320 e. The molecule has 6 heteroatoms. The topological polar surface area (TPSA) is 70.7 Å².